The summed E-state index contributed by atoms with van der Waals surface area (Å²) in [5.74, 6) is -0.183. The maximum atomic E-state index is 12.7. The van der Waals surface area contributed by atoms with E-state index in [9.17, 15) is 9.59 Å². The fraction of sp³-hybridized carbons (Fsp3) is 0.333. The Hall–Kier alpha value is -3.12. The minimum Gasteiger partial charge on any atom is -0.369 e. The summed E-state index contributed by atoms with van der Waals surface area (Å²) >= 11 is 0. The molecular weight excluding hydrogens is 376 g/mol. The fourth-order valence-electron chi connectivity index (χ4n) is 4.07. The van der Waals surface area contributed by atoms with E-state index in [2.05, 4.69) is 39.4 Å². The molecule has 2 heterocycles. The third kappa shape index (κ3) is 4.39. The number of rotatable bonds is 6. The Labute approximate surface area is 176 Å². The molecule has 1 aromatic heterocycles. The molecule has 0 bridgehead atoms. The van der Waals surface area contributed by atoms with E-state index in [1.54, 1.807) is 11.6 Å². The van der Waals surface area contributed by atoms with Crippen LogP contribution in [-0.2, 0) is 7.05 Å². The summed E-state index contributed by atoms with van der Waals surface area (Å²) in [6, 6.07) is 19.5. The number of fused-ring (bicyclic) bond motifs is 1. The first-order valence-corrected chi connectivity index (χ1v) is 10.5. The molecule has 6 heteroatoms. The first-order chi connectivity index (χ1) is 14.6. The fourth-order valence-corrected chi connectivity index (χ4v) is 4.07. The average molecular weight is 405 g/mol. The maximum Gasteiger partial charge on any atom is 0.252 e. The van der Waals surface area contributed by atoms with Crippen LogP contribution < -0.4 is 15.8 Å². The zero-order valence-corrected chi connectivity index (χ0v) is 17.4. The van der Waals surface area contributed by atoms with Crippen LogP contribution in [0.5, 0.6) is 0 Å². The second-order valence-corrected chi connectivity index (χ2v) is 7.75. The molecular formula is C24H28N4O2. The van der Waals surface area contributed by atoms with E-state index in [1.165, 1.54) is 11.8 Å². The lowest BCUT2D eigenvalue weighted by atomic mass is 10.1. The Balaban J connectivity index is 1.27. The van der Waals surface area contributed by atoms with Crippen LogP contribution in [0.15, 0.2) is 65.5 Å². The van der Waals surface area contributed by atoms with Gasteiger partial charge in [-0.25, -0.2) is 0 Å². The number of hydrogen-bond donors (Lipinski definition) is 1. The summed E-state index contributed by atoms with van der Waals surface area (Å²) in [5.41, 5.74) is 2.33. The third-order valence-corrected chi connectivity index (χ3v) is 5.83. The second-order valence-electron chi connectivity index (χ2n) is 7.75. The zero-order chi connectivity index (χ0) is 20.9. The Morgan fingerprint density at radius 1 is 0.967 bits per heavy atom. The summed E-state index contributed by atoms with van der Waals surface area (Å²) in [6.45, 7) is 5.66. The van der Waals surface area contributed by atoms with E-state index in [0.717, 1.165) is 50.0 Å². The lowest BCUT2D eigenvalue weighted by Crippen LogP contribution is -2.47. The average Bonchev–Trinajstić information content (AvgIpc) is 2.80. The Kier molecular flexibility index (Phi) is 6.14. The standard InChI is InChI=1S/C24H28N4O2/c1-26-22-11-6-5-10-20(22)21(18-23(26)29)24(30)25-12-7-13-27-14-16-28(17-15-27)19-8-3-2-4-9-19/h2-6,8-11,18H,7,12-17H2,1H3,(H,25,30). The van der Waals surface area contributed by atoms with Gasteiger partial charge in [0.15, 0.2) is 0 Å². The number of amides is 1. The smallest absolute Gasteiger partial charge is 0.252 e. The maximum absolute atomic E-state index is 12.7. The van der Waals surface area contributed by atoms with Crippen molar-refractivity contribution >= 4 is 22.5 Å². The van der Waals surface area contributed by atoms with Gasteiger partial charge in [0.05, 0.1) is 11.1 Å². The van der Waals surface area contributed by atoms with E-state index in [0.29, 0.717) is 12.1 Å². The summed E-state index contributed by atoms with van der Waals surface area (Å²) in [4.78, 5) is 29.7. The van der Waals surface area contributed by atoms with Gasteiger partial charge >= 0.3 is 0 Å². The number of aryl methyl sites for hydroxylation is 1. The van der Waals surface area contributed by atoms with Gasteiger partial charge < -0.3 is 14.8 Å². The highest BCUT2D eigenvalue weighted by atomic mass is 16.2. The topological polar surface area (TPSA) is 57.6 Å². The van der Waals surface area contributed by atoms with Crippen molar-refractivity contribution in [3.8, 4) is 0 Å². The SMILES string of the molecule is Cn1c(=O)cc(C(=O)NCCCN2CCN(c3ccccc3)CC2)c2ccccc21. The summed E-state index contributed by atoms with van der Waals surface area (Å²) in [7, 11) is 1.73. The van der Waals surface area contributed by atoms with Crippen LogP contribution >= 0.6 is 0 Å². The lowest BCUT2D eigenvalue weighted by molar-refractivity contribution is 0.0953. The van der Waals surface area contributed by atoms with Crippen molar-refractivity contribution in [1.82, 2.24) is 14.8 Å². The summed E-state index contributed by atoms with van der Waals surface area (Å²) in [6.07, 6.45) is 0.889. The number of anilines is 1. The number of hydrogen-bond acceptors (Lipinski definition) is 4. The number of para-hydroxylation sites is 2. The number of benzene rings is 2. The van der Waals surface area contributed by atoms with Gasteiger partial charge in [0, 0.05) is 56.9 Å². The monoisotopic (exact) mass is 404 g/mol. The number of piperazine rings is 1. The molecule has 3 aromatic rings. The van der Waals surface area contributed by atoms with Crippen molar-refractivity contribution in [3.63, 3.8) is 0 Å². The van der Waals surface area contributed by atoms with Crippen LogP contribution in [-0.4, -0.2) is 54.6 Å². The van der Waals surface area contributed by atoms with Crippen LogP contribution in [0, 0.1) is 0 Å². The minimum atomic E-state index is -0.183. The predicted octanol–water partition coefficient (Wildman–Crippen LogP) is 2.48. The molecule has 1 amide bonds. The molecule has 0 radical (unpaired) electrons. The van der Waals surface area contributed by atoms with Crippen LogP contribution in [0.4, 0.5) is 5.69 Å². The Morgan fingerprint density at radius 3 is 2.43 bits per heavy atom. The predicted molar refractivity (Wildman–Crippen MR) is 121 cm³/mol. The molecule has 0 atom stereocenters. The number of carbonyl (C=O) groups excluding carboxylic acids is 1. The highest BCUT2D eigenvalue weighted by molar-refractivity contribution is 6.06. The van der Waals surface area contributed by atoms with E-state index in [1.807, 2.05) is 30.3 Å². The van der Waals surface area contributed by atoms with Gasteiger partial charge in [-0.15, -0.1) is 0 Å². The lowest BCUT2D eigenvalue weighted by Gasteiger charge is -2.36. The minimum absolute atomic E-state index is 0.171. The van der Waals surface area contributed by atoms with Crippen LogP contribution in [0.25, 0.3) is 10.9 Å². The van der Waals surface area contributed by atoms with Gasteiger partial charge in [0.25, 0.3) is 11.5 Å². The molecule has 2 aromatic carbocycles. The van der Waals surface area contributed by atoms with E-state index in [-0.39, 0.29) is 11.5 Å². The van der Waals surface area contributed by atoms with Crippen molar-refractivity contribution < 1.29 is 4.79 Å². The first kappa shape index (κ1) is 20.2. The first-order valence-electron chi connectivity index (χ1n) is 10.5. The van der Waals surface area contributed by atoms with Gasteiger partial charge in [0.1, 0.15) is 0 Å². The molecule has 0 unspecified atom stereocenters. The number of nitrogens with one attached hydrogen (secondary N) is 1. The Morgan fingerprint density at radius 2 is 1.67 bits per heavy atom. The summed E-state index contributed by atoms with van der Waals surface area (Å²) in [5, 5.41) is 3.79. The molecule has 30 heavy (non-hydrogen) atoms. The van der Waals surface area contributed by atoms with Crippen molar-refractivity contribution in [2.24, 2.45) is 7.05 Å². The Bertz CT molecular complexity index is 1070. The van der Waals surface area contributed by atoms with Gasteiger partial charge in [-0.05, 0) is 31.2 Å². The molecule has 6 nitrogen and oxygen atoms in total. The molecule has 4 rings (SSSR count). The molecule has 1 N–H and O–H groups in total. The number of nitrogens with zero attached hydrogens (tertiary/aromatic N) is 3. The second kappa shape index (κ2) is 9.13. The summed E-state index contributed by atoms with van der Waals surface area (Å²) < 4.78 is 1.57. The normalized spacial score (nSPS) is 14.8. The van der Waals surface area contributed by atoms with Crippen LogP contribution in [0.2, 0.25) is 0 Å². The van der Waals surface area contributed by atoms with Crippen molar-refractivity contribution in [2.75, 3.05) is 44.2 Å². The van der Waals surface area contributed by atoms with Crippen LogP contribution in [0.3, 0.4) is 0 Å². The number of aromatic nitrogens is 1. The molecule has 1 saturated heterocycles. The van der Waals surface area contributed by atoms with Crippen molar-refractivity contribution in [2.45, 2.75) is 6.42 Å². The number of carbonyl (C=O) groups is 1. The highest BCUT2D eigenvalue weighted by Crippen LogP contribution is 2.17. The molecule has 0 aliphatic carbocycles. The molecule has 156 valence electrons. The highest BCUT2D eigenvalue weighted by Gasteiger charge is 2.17. The van der Waals surface area contributed by atoms with E-state index < -0.39 is 0 Å². The third-order valence-electron chi connectivity index (χ3n) is 5.83. The molecule has 0 saturated carbocycles. The van der Waals surface area contributed by atoms with E-state index in [4.69, 9.17) is 0 Å². The van der Waals surface area contributed by atoms with Gasteiger partial charge in [-0.2, -0.15) is 0 Å². The van der Waals surface area contributed by atoms with Crippen molar-refractivity contribution in [1.29, 1.82) is 0 Å². The van der Waals surface area contributed by atoms with Gasteiger partial charge in [0.2, 0.25) is 0 Å². The van der Waals surface area contributed by atoms with E-state index >= 15 is 0 Å². The van der Waals surface area contributed by atoms with Gasteiger partial charge in [-0.1, -0.05) is 36.4 Å². The number of pyridine rings is 1. The largest absolute Gasteiger partial charge is 0.369 e. The zero-order valence-electron chi connectivity index (χ0n) is 17.4. The molecule has 0 spiro atoms. The molecule has 1 fully saturated rings. The molecule has 1 aliphatic rings. The molecule has 1 aliphatic heterocycles. The van der Waals surface area contributed by atoms with Crippen molar-refractivity contribution in [3.05, 3.63) is 76.6 Å². The van der Waals surface area contributed by atoms with Crippen LogP contribution in [0.1, 0.15) is 16.8 Å². The quantitative estimate of drug-likeness (QED) is 0.642. The van der Waals surface area contributed by atoms with Gasteiger partial charge in [-0.3, -0.25) is 14.5 Å².